The number of allylic oxidation sites excluding steroid dienone is 2. The standard InChI is InChI=1S/C12H12N2O3/c13-12(14(16)17)8-4-7-10(11(12)15)9-5-2-1-3-6-9/h1-8,11,15H,13H2. The fourth-order valence-electron chi connectivity index (χ4n) is 1.78. The van der Waals surface area contributed by atoms with Crippen LogP contribution >= 0.6 is 0 Å². The zero-order valence-electron chi connectivity index (χ0n) is 8.98. The van der Waals surface area contributed by atoms with Gasteiger partial charge in [-0.15, -0.1) is 0 Å². The molecule has 0 radical (unpaired) electrons. The molecule has 2 atom stereocenters. The van der Waals surface area contributed by atoms with Crippen molar-refractivity contribution in [3.63, 3.8) is 0 Å². The van der Waals surface area contributed by atoms with E-state index in [9.17, 15) is 15.2 Å². The van der Waals surface area contributed by atoms with E-state index in [1.54, 1.807) is 30.3 Å². The predicted octanol–water partition coefficient (Wildman–Crippen LogP) is 0.932. The molecule has 0 heterocycles. The molecule has 0 aromatic heterocycles. The molecule has 2 unspecified atom stereocenters. The maximum atomic E-state index is 10.9. The number of rotatable bonds is 2. The van der Waals surface area contributed by atoms with E-state index in [1.165, 1.54) is 12.2 Å². The lowest BCUT2D eigenvalue weighted by Crippen LogP contribution is -2.56. The van der Waals surface area contributed by atoms with Crippen LogP contribution in [0.25, 0.3) is 5.57 Å². The summed E-state index contributed by atoms with van der Waals surface area (Å²) in [5, 5.41) is 20.9. The van der Waals surface area contributed by atoms with Crippen LogP contribution in [0.3, 0.4) is 0 Å². The van der Waals surface area contributed by atoms with Crippen molar-refractivity contribution in [3.05, 3.63) is 64.2 Å². The quantitative estimate of drug-likeness (QED) is 0.451. The first-order valence-corrected chi connectivity index (χ1v) is 5.12. The second-order valence-corrected chi connectivity index (χ2v) is 3.89. The molecule has 0 spiro atoms. The first-order chi connectivity index (χ1) is 8.05. The van der Waals surface area contributed by atoms with E-state index in [0.717, 1.165) is 5.56 Å². The lowest BCUT2D eigenvalue weighted by molar-refractivity contribution is -0.563. The van der Waals surface area contributed by atoms with Crippen LogP contribution < -0.4 is 5.73 Å². The maximum Gasteiger partial charge on any atom is 0.321 e. The molecule has 0 saturated carbocycles. The molecule has 2 rings (SSSR count). The number of hydrogen-bond donors (Lipinski definition) is 2. The number of hydrogen-bond acceptors (Lipinski definition) is 4. The molecule has 0 saturated heterocycles. The van der Waals surface area contributed by atoms with Crippen LogP contribution in [0.1, 0.15) is 5.56 Å². The van der Waals surface area contributed by atoms with E-state index in [1.807, 2.05) is 6.07 Å². The molecule has 0 amide bonds. The van der Waals surface area contributed by atoms with Gasteiger partial charge in [0.2, 0.25) is 0 Å². The third-order valence-electron chi connectivity index (χ3n) is 2.79. The molecular weight excluding hydrogens is 220 g/mol. The van der Waals surface area contributed by atoms with Crippen LogP contribution in [0.4, 0.5) is 0 Å². The van der Waals surface area contributed by atoms with Gasteiger partial charge in [-0.05, 0) is 11.1 Å². The smallest absolute Gasteiger partial charge is 0.321 e. The fourth-order valence-corrected chi connectivity index (χ4v) is 1.78. The highest BCUT2D eigenvalue weighted by molar-refractivity contribution is 5.72. The minimum absolute atomic E-state index is 0.451. The lowest BCUT2D eigenvalue weighted by atomic mass is 9.88. The average Bonchev–Trinajstić information content (AvgIpc) is 2.33. The van der Waals surface area contributed by atoms with Crippen LogP contribution in [0.15, 0.2) is 48.6 Å². The van der Waals surface area contributed by atoms with E-state index in [4.69, 9.17) is 5.73 Å². The van der Waals surface area contributed by atoms with E-state index < -0.39 is 16.7 Å². The number of aliphatic hydroxyl groups is 1. The van der Waals surface area contributed by atoms with Gasteiger partial charge in [-0.1, -0.05) is 42.5 Å². The van der Waals surface area contributed by atoms with Gasteiger partial charge >= 0.3 is 5.66 Å². The molecule has 1 aliphatic carbocycles. The van der Waals surface area contributed by atoms with Gasteiger partial charge < -0.3 is 5.11 Å². The molecular formula is C12H12N2O3. The lowest BCUT2D eigenvalue weighted by Gasteiger charge is -2.27. The first kappa shape index (κ1) is 11.5. The summed E-state index contributed by atoms with van der Waals surface area (Å²) < 4.78 is 0. The van der Waals surface area contributed by atoms with Gasteiger partial charge in [0.25, 0.3) is 0 Å². The van der Waals surface area contributed by atoms with Crippen LogP contribution in [-0.4, -0.2) is 21.8 Å². The summed E-state index contributed by atoms with van der Waals surface area (Å²) in [6.07, 6.45) is 2.97. The van der Waals surface area contributed by atoms with Crippen LogP contribution in [-0.2, 0) is 0 Å². The number of nitro groups is 1. The highest BCUT2D eigenvalue weighted by atomic mass is 16.6. The Morgan fingerprint density at radius 3 is 2.59 bits per heavy atom. The van der Waals surface area contributed by atoms with Gasteiger partial charge in [0.05, 0.1) is 0 Å². The highest BCUT2D eigenvalue weighted by Crippen LogP contribution is 2.29. The first-order valence-electron chi connectivity index (χ1n) is 5.12. The Morgan fingerprint density at radius 2 is 2.00 bits per heavy atom. The van der Waals surface area contributed by atoms with Gasteiger partial charge in [0, 0.05) is 11.0 Å². The summed E-state index contributed by atoms with van der Waals surface area (Å²) in [5.41, 5.74) is 4.81. The van der Waals surface area contributed by atoms with Crippen molar-refractivity contribution < 1.29 is 10.0 Å². The summed E-state index contributed by atoms with van der Waals surface area (Å²) >= 11 is 0. The van der Waals surface area contributed by atoms with E-state index in [-0.39, 0.29) is 0 Å². The highest BCUT2D eigenvalue weighted by Gasteiger charge is 2.47. The second kappa shape index (κ2) is 4.12. The van der Waals surface area contributed by atoms with Crippen molar-refractivity contribution in [2.75, 3.05) is 0 Å². The number of nitrogens with zero attached hydrogens (tertiary/aromatic N) is 1. The van der Waals surface area contributed by atoms with E-state index in [2.05, 4.69) is 0 Å². The number of benzene rings is 1. The van der Waals surface area contributed by atoms with Crippen LogP contribution in [0.2, 0.25) is 0 Å². The van der Waals surface area contributed by atoms with Crippen molar-refractivity contribution >= 4 is 5.57 Å². The zero-order chi connectivity index (χ0) is 12.5. The Kier molecular flexibility index (Phi) is 2.79. The molecule has 1 aromatic carbocycles. The van der Waals surface area contributed by atoms with E-state index >= 15 is 0 Å². The molecule has 5 heteroatoms. The molecule has 1 aromatic rings. The fraction of sp³-hybridized carbons (Fsp3) is 0.167. The van der Waals surface area contributed by atoms with Gasteiger partial charge in [0.15, 0.2) is 6.10 Å². The molecule has 5 nitrogen and oxygen atoms in total. The third kappa shape index (κ3) is 1.86. The minimum atomic E-state index is -1.96. The number of nitrogens with two attached hydrogens (primary N) is 1. The summed E-state index contributed by atoms with van der Waals surface area (Å²) in [6.45, 7) is 0. The molecule has 88 valence electrons. The largest absolute Gasteiger partial charge is 0.379 e. The van der Waals surface area contributed by atoms with Crippen LogP contribution in [0.5, 0.6) is 0 Å². The van der Waals surface area contributed by atoms with Gasteiger partial charge in [0.1, 0.15) is 0 Å². The van der Waals surface area contributed by atoms with Crippen molar-refractivity contribution in [2.45, 2.75) is 11.8 Å². The zero-order valence-corrected chi connectivity index (χ0v) is 8.98. The Hall–Kier alpha value is -1.98. The van der Waals surface area contributed by atoms with Crippen molar-refractivity contribution in [3.8, 4) is 0 Å². The minimum Gasteiger partial charge on any atom is -0.379 e. The topological polar surface area (TPSA) is 89.4 Å². The summed E-state index contributed by atoms with van der Waals surface area (Å²) in [4.78, 5) is 10.2. The molecule has 0 bridgehead atoms. The maximum absolute atomic E-state index is 10.9. The van der Waals surface area contributed by atoms with Gasteiger partial charge in [-0.3, -0.25) is 15.8 Å². The van der Waals surface area contributed by atoms with Gasteiger partial charge in [-0.2, -0.15) is 0 Å². The normalized spacial score (nSPS) is 27.6. The molecule has 3 N–H and O–H groups in total. The number of aliphatic hydroxyl groups excluding tert-OH is 1. The Balaban J connectivity index is 2.42. The molecule has 1 aliphatic rings. The molecule has 0 fully saturated rings. The van der Waals surface area contributed by atoms with Gasteiger partial charge in [-0.25, -0.2) is 0 Å². The van der Waals surface area contributed by atoms with Crippen molar-refractivity contribution in [1.29, 1.82) is 0 Å². The third-order valence-corrected chi connectivity index (χ3v) is 2.79. The Morgan fingerprint density at radius 1 is 1.35 bits per heavy atom. The monoisotopic (exact) mass is 232 g/mol. The van der Waals surface area contributed by atoms with Crippen molar-refractivity contribution in [1.82, 2.24) is 0 Å². The van der Waals surface area contributed by atoms with Crippen molar-refractivity contribution in [2.24, 2.45) is 5.73 Å². The molecule has 0 aliphatic heterocycles. The predicted molar refractivity (Wildman–Crippen MR) is 63.5 cm³/mol. The second-order valence-electron chi connectivity index (χ2n) is 3.89. The Labute approximate surface area is 98.0 Å². The van der Waals surface area contributed by atoms with Crippen LogP contribution in [0, 0.1) is 10.1 Å². The Bertz CT molecular complexity index is 496. The molecule has 17 heavy (non-hydrogen) atoms. The van der Waals surface area contributed by atoms with E-state index in [0.29, 0.717) is 5.57 Å². The summed E-state index contributed by atoms with van der Waals surface area (Å²) in [5.74, 6) is 0. The summed E-state index contributed by atoms with van der Waals surface area (Å²) in [6, 6.07) is 8.97. The SMILES string of the molecule is NC1([N+](=O)[O-])C=CC=C(c2ccccc2)C1O. The summed E-state index contributed by atoms with van der Waals surface area (Å²) in [7, 11) is 0. The average molecular weight is 232 g/mol.